The van der Waals surface area contributed by atoms with Crippen molar-refractivity contribution in [3.8, 4) is 0 Å². The molecule has 3 aliphatic rings. The molecule has 2 saturated heterocycles. The molecule has 0 spiro atoms. The zero-order chi connectivity index (χ0) is 17.4. The van der Waals surface area contributed by atoms with E-state index in [-0.39, 0.29) is 17.7 Å². The first kappa shape index (κ1) is 16.6. The molecule has 4 rings (SSSR count). The van der Waals surface area contributed by atoms with E-state index in [1.807, 2.05) is 31.2 Å². The fourth-order valence-electron chi connectivity index (χ4n) is 4.98. The van der Waals surface area contributed by atoms with Gasteiger partial charge in [0.2, 0.25) is 11.8 Å². The summed E-state index contributed by atoms with van der Waals surface area (Å²) in [7, 11) is 0. The monoisotopic (exact) mass is 340 g/mol. The highest BCUT2D eigenvalue weighted by molar-refractivity contribution is 6.00. The van der Waals surface area contributed by atoms with E-state index in [1.165, 1.54) is 31.2 Å². The minimum Gasteiger partial charge on any atom is -0.339 e. The zero-order valence-corrected chi connectivity index (χ0v) is 15.1. The molecule has 0 bridgehead atoms. The quantitative estimate of drug-likeness (QED) is 0.826. The fourth-order valence-corrected chi connectivity index (χ4v) is 4.98. The molecule has 1 aromatic carbocycles. The number of amides is 2. The summed E-state index contributed by atoms with van der Waals surface area (Å²) in [5, 5.41) is 0. The third-order valence-electron chi connectivity index (χ3n) is 6.35. The van der Waals surface area contributed by atoms with Gasteiger partial charge < -0.3 is 9.80 Å². The summed E-state index contributed by atoms with van der Waals surface area (Å²) in [5.74, 6) is 0.824. The molecular formula is C21H28N2O2. The topological polar surface area (TPSA) is 40.6 Å². The zero-order valence-electron chi connectivity index (χ0n) is 15.1. The number of anilines is 1. The summed E-state index contributed by atoms with van der Waals surface area (Å²) in [6, 6.07) is 8.44. The number of rotatable bonds is 2. The molecule has 0 N–H and O–H groups in total. The number of likely N-dealkylation sites (tertiary alicyclic amines) is 1. The second-order valence-corrected chi connectivity index (χ2v) is 8.03. The van der Waals surface area contributed by atoms with Gasteiger partial charge in [0.1, 0.15) is 0 Å². The molecule has 2 amide bonds. The van der Waals surface area contributed by atoms with Crippen molar-refractivity contribution in [2.75, 3.05) is 18.0 Å². The first-order valence-electron chi connectivity index (χ1n) is 9.81. The number of aryl methyl sites for hydroxylation is 1. The van der Waals surface area contributed by atoms with Gasteiger partial charge in [-0.25, -0.2) is 0 Å². The van der Waals surface area contributed by atoms with E-state index in [0.717, 1.165) is 25.1 Å². The second-order valence-electron chi connectivity index (χ2n) is 8.03. The van der Waals surface area contributed by atoms with Gasteiger partial charge in [0, 0.05) is 31.2 Å². The van der Waals surface area contributed by atoms with Crippen LogP contribution in [0.1, 0.15) is 50.5 Å². The first-order valence-corrected chi connectivity index (χ1v) is 9.81. The van der Waals surface area contributed by atoms with Crippen LogP contribution in [0.4, 0.5) is 5.69 Å². The van der Waals surface area contributed by atoms with Gasteiger partial charge in [-0.3, -0.25) is 9.59 Å². The summed E-state index contributed by atoms with van der Waals surface area (Å²) in [5.41, 5.74) is 2.10. The van der Waals surface area contributed by atoms with Crippen molar-refractivity contribution < 1.29 is 9.59 Å². The number of benzene rings is 1. The van der Waals surface area contributed by atoms with Gasteiger partial charge in [-0.1, -0.05) is 30.5 Å². The summed E-state index contributed by atoms with van der Waals surface area (Å²) in [4.78, 5) is 29.6. The average Bonchev–Trinajstić information content (AvgIpc) is 3.03. The molecule has 2 aliphatic heterocycles. The van der Waals surface area contributed by atoms with Crippen molar-refractivity contribution in [1.29, 1.82) is 0 Å². The second kappa shape index (κ2) is 6.81. The highest BCUT2D eigenvalue weighted by atomic mass is 16.2. The molecule has 134 valence electrons. The summed E-state index contributed by atoms with van der Waals surface area (Å²) in [6.45, 7) is 3.46. The molecule has 2 heterocycles. The van der Waals surface area contributed by atoms with Crippen LogP contribution in [-0.2, 0) is 9.59 Å². The molecule has 25 heavy (non-hydrogen) atoms. The van der Waals surface area contributed by atoms with Crippen LogP contribution in [0.3, 0.4) is 0 Å². The van der Waals surface area contributed by atoms with Crippen LogP contribution in [0, 0.1) is 18.8 Å². The first-order chi connectivity index (χ1) is 12.1. The maximum Gasteiger partial charge on any atom is 0.228 e. The molecule has 1 saturated carbocycles. The number of hydrogen-bond donors (Lipinski definition) is 0. The van der Waals surface area contributed by atoms with Gasteiger partial charge >= 0.3 is 0 Å². The lowest BCUT2D eigenvalue weighted by Crippen LogP contribution is -2.51. The Bertz CT molecular complexity index is 652. The highest BCUT2D eigenvalue weighted by Crippen LogP contribution is 2.37. The van der Waals surface area contributed by atoms with E-state index in [1.54, 1.807) is 4.90 Å². The van der Waals surface area contributed by atoms with Gasteiger partial charge in [-0.15, -0.1) is 0 Å². The Morgan fingerprint density at radius 3 is 2.56 bits per heavy atom. The number of nitrogens with zero attached hydrogens (tertiary/aromatic N) is 2. The maximum absolute atomic E-state index is 13.2. The maximum atomic E-state index is 13.2. The number of carbonyl (C=O) groups is 2. The van der Waals surface area contributed by atoms with Crippen LogP contribution < -0.4 is 4.90 Å². The molecule has 4 nitrogen and oxygen atoms in total. The number of hydrogen-bond acceptors (Lipinski definition) is 2. The Morgan fingerprint density at radius 1 is 1.04 bits per heavy atom. The van der Waals surface area contributed by atoms with Gasteiger partial charge in [0.15, 0.2) is 0 Å². The largest absolute Gasteiger partial charge is 0.339 e. The van der Waals surface area contributed by atoms with E-state index in [2.05, 4.69) is 4.90 Å². The van der Waals surface area contributed by atoms with E-state index >= 15 is 0 Å². The van der Waals surface area contributed by atoms with Gasteiger partial charge in [0.05, 0.1) is 5.92 Å². The van der Waals surface area contributed by atoms with Crippen LogP contribution in [0.25, 0.3) is 0 Å². The van der Waals surface area contributed by atoms with E-state index in [0.29, 0.717) is 24.9 Å². The molecule has 4 heteroatoms. The Labute approximate surface area is 150 Å². The van der Waals surface area contributed by atoms with Crippen LogP contribution in [0.15, 0.2) is 24.3 Å². The average molecular weight is 340 g/mol. The van der Waals surface area contributed by atoms with Crippen LogP contribution in [0.2, 0.25) is 0 Å². The van der Waals surface area contributed by atoms with Gasteiger partial charge in [-0.05, 0) is 50.7 Å². The van der Waals surface area contributed by atoms with Gasteiger partial charge in [-0.2, -0.15) is 0 Å². The smallest absolute Gasteiger partial charge is 0.228 e. The van der Waals surface area contributed by atoms with E-state index in [9.17, 15) is 9.59 Å². The molecule has 1 aromatic rings. The predicted octanol–water partition coefficient (Wildman–Crippen LogP) is 3.53. The SMILES string of the molecule is Cc1ccc(N2CC(C(=O)N3CCCC4CCCCC43)CC2=O)cc1. The normalized spacial score (nSPS) is 29.6. The summed E-state index contributed by atoms with van der Waals surface area (Å²) >= 11 is 0. The third-order valence-corrected chi connectivity index (χ3v) is 6.35. The van der Waals surface area contributed by atoms with Crippen LogP contribution in [-0.4, -0.2) is 35.8 Å². The van der Waals surface area contributed by atoms with E-state index in [4.69, 9.17) is 0 Å². The molecule has 0 aromatic heterocycles. The van der Waals surface area contributed by atoms with Crippen molar-refractivity contribution in [2.24, 2.45) is 11.8 Å². The summed E-state index contributed by atoms with van der Waals surface area (Å²) in [6.07, 6.45) is 7.73. The summed E-state index contributed by atoms with van der Waals surface area (Å²) < 4.78 is 0. The Morgan fingerprint density at radius 2 is 1.76 bits per heavy atom. The van der Waals surface area contributed by atoms with Gasteiger partial charge in [0.25, 0.3) is 0 Å². The molecular weight excluding hydrogens is 312 g/mol. The standard InChI is InChI=1S/C21H28N2O2/c1-15-8-10-18(11-9-15)23-14-17(13-20(23)24)21(25)22-12-4-6-16-5-2-3-7-19(16)22/h8-11,16-17,19H,2-7,12-14H2,1H3. The predicted molar refractivity (Wildman–Crippen MR) is 98.3 cm³/mol. The van der Waals surface area contributed by atoms with Crippen molar-refractivity contribution in [1.82, 2.24) is 4.90 Å². The van der Waals surface area contributed by atoms with Crippen molar-refractivity contribution in [3.05, 3.63) is 29.8 Å². The number of carbonyl (C=O) groups excluding carboxylic acids is 2. The lowest BCUT2D eigenvalue weighted by molar-refractivity contribution is -0.142. The molecule has 1 aliphatic carbocycles. The fraction of sp³-hybridized carbons (Fsp3) is 0.619. The van der Waals surface area contributed by atoms with Crippen molar-refractivity contribution >= 4 is 17.5 Å². The Kier molecular flexibility index (Phi) is 4.53. The molecule has 0 radical (unpaired) electrons. The molecule has 3 unspecified atom stereocenters. The lowest BCUT2D eigenvalue weighted by Gasteiger charge is -2.45. The molecule has 3 atom stereocenters. The third kappa shape index (κ3) is 3.19. The Balaban J connectivity index is 1.47. The van der Waals surface area contributed by atoms with Crippen LogP contribution >= 0.6 is 0 Å². The van der Waals surface area contributed by atoms with Crippen molar-refractivity contribution in [3.63, 3.8) is 0 Å². The lowest BCUT2D eigenvalue weighted by atomic mass is 9.78. The molecule has 3 fully saturated rings. The minimum absolute atomic E-state index is 0.0828. The van der Waals surface area contributed by atoms with E-state index < -0.39 is 0 Å². The number of fused-ring (bicyclic) bond motifs is 1. The number of piperidine rings is 1. The van der Waals surface area contributed by atoms with Crippen LogP contribution in [0.5, 0.6) is 0 Å². The minimum atomic E-state index is -0.172. The highest BCUT2D eigenvalue weighted by Gasteiger charge is 2.42. The van der Waals surface area contributed by atoms with Crippen molar-refractivity contribution in [2.45, 2.75) is 57.9 Å². The Hall–Kier alpha value is -1.84.